The summed E-state index contributed by atoms with van der Waals surface area (Å²) in [5.41, 5.74) is 10.3. The smallest absolute Gasteiger partial charge is 0.496 e. The van der Waals surface area contributed by atoms with Gasteiger partial charge in [0, 0.05) is 0 Å². The van der Waals surface area contributed by atoms with Gasteiger partial charge in [-0.25, -0.2) is 0 Å². The minimum atomic E-state index is 0. The molecule has 0 radical (unpaired) electrons. The molecule has 254 valence electrons. The minimum absolute atomic E-state index is 0. The second-order valence-electron chi connectivity index (χ2n) is 13.5. The normalized spacial score (nSPS) is 11.1. The van der Waals surface area contributed by atoms with E-state index in [4.69, 9.17) is 8.83 Å². The molecule has 8 aromatic rings. The molecule has 0 saturated heterocycles. The van der Waals surface area contributed by atoms with Gasteiger partial charge >= 0.3 is 26.2 Å². The molecule has 2 aromatic heterocycles. The Balaban J connectivity index is 0.000000172. The van der Waals surface area contributed by atoms with E-state index >= 15 is 0 Å². The number of benzene rings is 4. The monoisotopic (exact) mass is 744 g/mol. The molecular formula is C48H46O2Zr. The molecule has 0 spiro atoms. The summed E-state index contributed by atoms with van der Waals surface area (Å²) in [5, 5.41) is 5.09. The quantitative estimate of drug-likeness (QED) is 0.130. The van der Waals surface area contributed by atoms with E-state index in [1.165, 1.54) is 93.5 Å². The van der Waals surface area contributed by atoms with Crippen molar-refractivity contribution in [1.82, 2.24) is 0 Å². The molecule has 0 saturated carbocycles. The van der Waals surface area contributed by atoms with Crippen LogP contribution >= 0.6 is 0 Å². The standard InChI is InChI=1S/2C24H23O.Zr/c2*1-3-4-6-18-10-12-19(13-11-18)22-8-5-7-20-15-21(16-23(20)22)24-14-9-17(2)25-24;/h2*5,7-16H,3-4,6H2,1-2H3;/q2*-1;+2. The summed E-state index contributed by atoms with van der Waals surface area (Å²) in [4.78, 5) is 0. The maximum absolute atomic E-state index is 5.80. The average Bonchev–Trinajstić information content (AvgIpc) is 3.96. The van der Waals surface area contributed by atoms with Gasteiger partial charge in [-0.05, 0) is 86.1 Å². The summed E-state index contributed by atoms with van der Waals surface area (Å²) < 4.78 is 11.6. The molecule has 0 amide bonds. The molecule has 51 heavy (non-hydrogen) atoms. The predicted molar refractivity (Wildman–Crippen MR) is 212 cm³/mol. The predicted octanol–water partition coefficient (Wildman–Crippen LogP) is 14.3. The SMILES string of the molecule is CCCCc1ccc(-c2cccc3[cH-]c(-c4ccc(C)o4)cc23)cc1.CCCCc1ccc(-c2cccc3[cH-]c(-c4ccc(C)o4)cc23)cc1.[Zr+2]. The van der Waals surface area contributed by atoms with E-state index in [2.05, 4.69) is 123 Å². The van der Waals surface area contributed by atoms with Gasteiger partial charge in [-0.2, -0.15) is 0 Å². The van der Waals surface area contributed by atoms with Gasteiger partial charge in [-0.3, -0.25) is 0 Å². The van der Waals surface area contributed by atoms with E-state index in [0.29, 0.717) is 0 Å². The fourth-order valence-electron chi connectivity index (χ4n) is 6.90. The van der Waals surface area contributed by atoms with E-state index in [1.807, 2.05) is 38.1 Å². The Labute approximate surface area is 322 Å². The molecule has 0 fully saturated rings. The first-order valence-electron chi connectivity index (χ1n) is 18.2. The molecule has 0 unspecified atom stereocenters. The number of hydrogen-bond donors (Lipinski definition) is 0. The molecule has 0 N–H and O–H groups in total. The van der Waals surface area contributed by atoms with E-state index < -0.39 is 0 Å². The summed E-state index contributed by atoms with van der Waals surface area (Å²) in [6.45, 7) is 8.44. The summed E-state index contributed by atoms with van der Waals surface area (Å²) in [6, 6.07) is 48.2. The van der Waals surface area contributed by atoms with Crippen molar-refractivity contribution in [1.29, 1.82) is 0 Å². The van der Waals surface area contributed by atoms with Crippen LogP contribution in [-0.4, -0.2) is 0 Å². The Hall–Kier alpha value is -4.46. The van der Waals surface area contributed by atoms with Gasteiger partial charge in [0.2, 0.25) is 0 Å². The third kappa shape index (κ3) is 8.37. The second-order valence-corrected chi connectivity index (χ2v) is 13.5. The van der Waals surface area contributed by atoms with Crippen molar-refractivity contribution in [3.8, 4) is 44.9 Å². The number of aryl methyl sites for hydroxylation is 4. The van der Waals surface area contributed by atoms with Gasteiger partial charge in [-0.15, -0.1) is 57.9 Å². The Kier molecular flexibility index (Phi) is 11.9. The molecule has 6 aromatic carbocycles. The molecule has 2 nitrogen and oxygen atoms in total. The van der Waals surface area contributed by atoms with Gasteiger partial charge in [0.1, 0.15) is 0 Å². The van der Waals surface area contributed by atoms with Gasteiger partial charge in [0.05, 0.1) is 23.0 Å². The van der Waals surface area contributed by atoms with Gasteiger partial charge in [-0.1, -0.05) is 122 Å². The number of hydrogen-bond acceptors (Lipinski definition) is 2. The third-order valence-corrected chi connectivity index (χ3v) is 9.72. The Morgan fingerprint density at radius 3 is 1.25 bits per heavy atom. The number of fused-ring (bicyclic) bond motifs is 2. The molecule has 0 aliphatic heterocycles. The molecule has 0 aliphatic rings. The summed E-state index contributed by atoms with van der Waals surface area (Å²) >= 11 is 0. The van der Waals surface area contributed by atoms with Crippen molar-refractivity contribution in [2.24, 2.45) is 0 Å². The third-order valence-electron chi connectivity index (χ3n) is 9.72. The number of unbranched alkanes of at least 4 members (excludes halogenated alkanes) is 2. The molecule has 2 heterocycles. The van der Waals surface area contributed by atoms with Crippen LogP contribution < -0.4 is 0 Å². The van der Waals surface area contributed by atoms with Crippen molar-refractivity contribution in [3.05, 3.63) is 156 Å². The zero-order valence-electron chi connectivity index (χ0n) is 30.3. The van der Waals surface area contributed by atoms with Crippen molar-refractivity contribution in [2.75, 3.05) is 0 Å². The summed E-state index contributed by atoms with van der Waals surface area (Å²) in [7, 11) is 0. The summed E-state index contributed by atoms with van der Waals surface area (Å²) in [5.74, 6) is 3.77. The van der Waals surface area contributed by atoms with Gasteiger partial charge in [0.15, 0.2) is 0 Å². The van der Waals surface area contributed by atoms with Gasteiger partial charge in [0.25, 0.3) is 0 Å². The van der Waals surface area contributed by atoms with Crippen LogP contribution in [0.15, 0.2) is 142 Å². The molecular weight excluding hydrogens is 700 g/mol. The fraction of sp³-hybridized carbons (Fsp3) is 0.208. The largest absolute Gasteiger partial charge is 2.00 e. The summed E-state index contributed by atoms with van der Waals surface area (Å²) in [6.07, 6.45) is 7.32. The van der Waals surface area contributed by atoms with E-state index in [-0.39, 0.29) is 26.2 Å². The van der Waals surface area contributed by atoms with Crippen LogP contribution in [-0.2, 0) is 39.0 Å². The van der Waals surface area contributed by atoms with Crippen LogP contribution in [0.2, 0.25) is 0 Å². The van der Waals surface area contributed by atoms with Crippen LogP contribution in [0.1, 0.15) is 62.2 Å². The van der Waals surface area contributed by atoms with Crippen molar-refractivity contribution >= 4 is 21.5 Å². The van der Waals surface area contributed by atoms with E-state index in [0.717, 1.165) is 34.2 Å². The second kappa shape index (κ2) is 16.7. The zero-order chi connectivity index (χ0) is 34.5. The molecule has 3 heteroatoms. The van der Waals surface area contributed by atoms with Crippen LogP contribution in [0.25, 0.3) is 66.4 Å². The first kappa shape index (κ1) is 36.3. The maximum atomic E-state index is 5.80. The minimum Gasteiger partial charge on any atom is -0.496 e. The number of furan rings is 2. The Morgan fingerprint density at radius 2 is 0.902 bits per heavy atom. The average molecular weight is 746 g/mol. The van der Waals surface area contributed by atoms with Crippen molar-refractivity contribution in [2.45, 2.75) is 66.2 Å². The molecule has 0 bridgehead atoms. The van der Waals surface area contributed by atoms with E-state index in [1.54, 1.807) is 0 Å². The van der Waals surface area contributed by atoms with E-state index in [9.17, 15) is 0 Å². The molecule has 0 aliphatic carbocycles. The Bertz CT molecular complexity index is 2140. The van der Waals surface area contributed by atoms with Crippen molar-refractivity contribution in [3.63, 3.8) is 0 Å². The van der Waals surface area contributed by atoms with Gasteiger partial charge < -0.3 is 8.83 Å². The number of rotatable bonds is 10. The van der Waals surface area contributed by atoms with Crippen LogP contribution in [0.4, 0.5) is 0 Å². The fourth-order valence-corrected chi connectivity index (χ4v) is 6.90. The first-order valence-corrected chi connectivity index (χ1v) is 18.2. The molecule has 8 rings (SSSR count). The topological polar surface area (TPSA) is 26.3 Å². The van der Waals surface area contributed by atoms with Crippen LogP contribution in [0.5, 0.6) is 0 Å². The maximum Gasteiger partial charge on any atom is 2.00 e. The van der Waals surface area contributed by atoms with Crippen LogP contribution in [0, 0.1) is 13.8 Å². The first-order chi connectivity index (χ1) is 24.5. The van der Waals surface area contributed by atoms with Crippen molar-refractivity contribution < 1.29 is 35.0 Å². The zero-order valence-corrected chi connectivity index (χ0v) is 32.7. The molecule has 0 atom stereocenters. The van der Waals surface area contributed by atoms with Crippen LogP contribution in [0.3, 0.4) is 0 Å². The Morgan fingerprint density at radius 1 is 0.490 bits per heavy atom.